The lowest BCUT2D eigenvalue weighted by molar-refractivity contribution is 0.711. The monoisotopic (exact) mass is 187 g/mol. The summed E-state index contributed by atoms with van der Waals surface area (Å²) in [5.74, 6) is 0. The molecule has 1 aliphatic carbocycles. The van der Waals surface area contributed by atoms with E-state index in [-0.39, 0.29) is 5.41 Å². The Bertz CT molecular complexity index is 468. The van der Waals surface area contributed by atoms with Crippen LogP contribution in [-0.4, -0.2) is 16.2 Å². The van der Waals surface area contributed by atoms with Crippen LogP contribution in [0, 0.1) is 0 Å². The summed E-state index contributed by atoms with van der Waals surface area (Å²) in [6, 6.07) is 6.15. The summed E-state index contributed by atoms with van der Waals surface area (Å²) >= 11 is 0. The van der Waals surface area contributed by atoms with Crippen LogP contribution >= 0.6 is 0 Å². The van der Waals surface area contributed by atoms with E-state index in [2.05, 4.69) is 11.2 Å². The van der Waals surface area contributed by atoms with E-state index in [1.807, 2.05) is 29.0 Å². The Morgan fingerprint density at radius 1 is 1.43 bits per heavy atom. The largest absolute Gasteiger partial charge is 0.330 e. The molecule has 2 N–H and O–H groups in total. The minimum atomic E-state index is 0.239. The number of nitrogens with zero attached hydrogens (tertiary/aromatic N) is 2. The molecule has 0 aromatic carbocycles. The Hall–Kier alpha value is -1.35. The Balaban J connectivity index is 2.22. The third-order valence-electron chi connectivity index (χ3n) is 3.24. The lowest BCUT2D eigenvalue weighted by atomic mass is 9.98. The van der Waals surface area contributed by atoms with Gasteiger partial charge in [-0.2, -0.15) is 5.10 Å². The Labute approximate surface area is 82.5 Å². The second-order valence-electron chi connectivity index (χ2n) is 4.07. The van der Waals surface area contributed by atoms with Crippen LogP contribution in [0.15, 0.2) is 30.6 Å². The molecule has 0 spiro atoms. The fourth-order valence-corrected chi connectivity index (χ4v) is 2.08. The highest BCUT2D eigenvalue weighted by Crippen LogP contribution is 2.48. The first kappa shape index (κ1) is 8.00. The van der Waals surface area contributed by atoms with Gasteiger partial charge in [0, 0.05) is 23.7 Å². The molecule has 0 unspecified atom stereocenters. The molecule has 72 valence electrons. The molecule has 0 bridgehead atoms. The van der Waals surface area contributed by atoms with E-state index in [4.69, 9.17) is 5.73 Å². The van der Waals surface area contributed by atoms with Crippen molar-refractivity contribution in [3.05, 3.63) is 36.2 Å². The van der Waals surface area contributed by atoms with Gasteiger partial charge >= 0.3 is 0 Å². The quantitative estimate of drug-likeness (QED) is 0.770. The van der Waals surface area contributed by atoms with Crippen molar-refractivity contribution in [1.82, 2.24) is 9.61 Å². The molecule has 0 amide bonds. The average molecular weight is 187 g/mol. The highest BCUT2D eigenvalue weighted by atomic mass is 15.2. The highest BCUT2D eigenvalue weighted by molar-refractivity contribution is 5.58. The van der Waals surface area contributed by atoms with Gasteiger partial charge in [0.2, 0.25) is 0 Å². The van der Waals surface area contributed by atoms with Crippen molar-refractivity contribution in [2.24, 2.45) is 5.73 Å². The third kappa shape index (κ3) is 0.930. The zero-order chi connectivity index (χ0) is 9.60. The summed E-state index contributed by atoms with van der Waals surface area (Å²) in [6.45, 7) is 0.739. The van der Waals surface area contributed by atoms with Crippen molar-refractivity contribution in [1.29, 1.82) is 0 Å². The Morgan fingerprint density at radius 2 is 2.29 bits per heavy atom. The molecule has 14 heavy (non-hydrogen) atoms. The van der Waals surface area contributed by atoms with Gasteiger partial charge in [-0.25, -0.2) is 4.52 Å². The molecule has 3 nitrogen and oxygen atoms in total. The molecule has 2 heterocycles. The van der Waals surface area contributed by atoms with Gasteiger partial charge in [-0.05, 0) is 25.0 Å². The molecule has 2 aromatic rings. The van der Waals surface area contributed by atoms with E-state index in [0.29, 0.717) is 0 Å². The molecular formula is C11H13N3. The Kier molecular flexibility index (Phi) is 1.47. The highest BCUT2D eigenvalue weighted by Gasteiger charge is 2.44. The fourth-order valence-electron chi connectivity index (χ4n) is 2.08. The second kappa shape index (κ2) is 2.58. The maximum absolute atomic E-state index is 5.81. The van der Waals surface area contributed by atoms with E-state index in [9.17, 15) is 0 Å². The molecule has 3 heteroatoms. The predicted octanol–water partition coefficient (Wildman–Crippen LogP) is 1.32. The van der Waals surface area contributed by atoms with Gasteiger partial charge in [0.25, 0.3) is 0 Å². The zero-order valence-electron chi connectivity index (χ0n) is 7.98. The number of aromatic nitrogens is 2. The molecule has 0 aliphatic heterocycles. The molecular weight excluding hydrogens is 174 g/mol. The molecule has 0 saturated heterocycles. The number of rotatable bonds is 2. The lowest BCUT2D eigenvalue weighted by Gasteiger charge is -2.09. The summed E-state index contributed by atoms with van der Waals surface area (Å²) < 4.78 is 1.92. The lowest BCUT2D eigenvalue weighted by Crippen LogP contribution is -2.19. The molecule has 2 aromatic heterocycles. The van der Waals surface area contributed by atoms with Crippen LogP contribution in [0.1, 0.15) is 18.4 Å². The van der Waals surface area contributed by atoms with Gasteiger partial charge in [0.1, 0.15) is 0 Å². The van der Waals surface area contributed by atoms with Crippen LogP contribution in [0.25, 0.3) is 5.52 Å². The molecule has 1 saturated carbocycles. The minimum Gasteiger partial charge on any atom is -0.330 e. The number of fused-ring (bicyclic) bond motifs is 1. The maximum Gasteiger partial charge on any atom is 0.0699 e. The van der Waals surface area contributed by atoms with Gasteiger partial charge < -0.3 is 5.73 Å². The van der Waals surface area contributed by atoms with Crippen LogP contribution in [0.3, 0.4) is 0 Å². The van der Waals surface area contributed by atoms with Gasteiger partial charge in [-0.1, -0.05) is 6.07 Å². The number of nitrogens with two attached hydrogens (primary N) is 1. The summed E-state index contributed by atoms with van der Waals surface area (Å²) in [6.07, 6.45) is 6.36. The van der Waals surface area contributed by atoms with Crippen molar-refractivity contribution < 1.29 is 0 Å². The number of hydrogen-bond donors (Lipinski definition) is 1. The molecule has 1 aliphatic rings. The first-order chi connectivity index (χ1) is 6.86. The van der Waals surface area contributed by atoms with Crippen LogP contribution < -0.4 is 5.73 Å². The van der Waals surface area contributed by atoms with E-state index >= 15 is 0 Å². The van der Waals surface area contributed by atoms with E-state index in [1.165, 1.54) is 23.9 Å². The maximum atomic E-state index is 5.81. The zero-order valence-corrected chi connectivity index (χ0v) is 7.98. The van der Waals surface area contributed by atoms with E-state index in [1.54, 1.807) is 0 Å². The van der Waals surface area contributed by atoms with Crippen molar-refractivity contribution in [3.63, 3.8) is 0 Å². The fraction of sp³-hybridized carbons (Fsp3) is 0.364. The topological polar surface area (TPSA) is 43.3 Å². The normalized spacial score (nSPS) is 18.6. The molecule has 0 atom stereocenters. The van der Waals surface area contributed by atoms with Crippen molar-refractivity contribution in [2.75, 3.05) is 6.54 Å². The minimum absolute atomic E-state index is 0.239. The average Bonchev–Trinajstić information content (AvgIpc) is 2.91. The summed E-state index contributed by atoms with van der Waals surface area (Å²) in [5.41, 5.74) is 8.58. The predicted molar refractivity (Wildman–Crippen MR) is 55.2 cm³/mol. The molecule has 1 fully saturated rings. The molecule has 3 rings (SSSR count). The van der Waals surface area contributed by atoms with Gasteiger partial charge in [0.05, 0.1) is 11.7 Å². The molecule has 0 radical (unpaired) electrons. The second-order valence-corrected chi connectivity index (χ2v) is 4.07. The Morgan fingerprint density at radius 3 is 3.00 bits per heavy atom. The van der Waals surface area contributed by atoms with Crippen LogP contribution in [-0.2, 0) is 5.41 Å². The summed E-state index contributed by atoms with van der Waals surface area (Å²) in [5, 5.41) is 4.33. The SMILES string of the molecule is NCC1(c2cnn3ccccc23)CC1. The summed E-state index contributed by atoms with van der Waals surface area (Å²) in [4.78, 5) is 0. The van der Waals surface area contributed by atoms with E-state index < -0.39 is 0 Å². The van der Waals surface area contributed by atoms with E-state index in [0.717, 1.165) is 6.54 Å². The van der Waals surface area contributed by atoms with Crippen LogP contribution in [0.2, 0.25) is 0 Å². The van der Waals surface area contributed by atoms with Crippen molar-refractivity contribution >= 4 is 5.52 Å². The van der Waals surface area contributed by atoms with Gasteiger partial charge in [-0.15, -0.1) is 0 Å². The van der Waals surface area contributed by atoms with Crippen LogP contribution in [0.5, 0.6) is 0 Å². The number of pyridine rings is 1. The number of hydrogen-bond acceptors (Lipinski definition) is 2. The van der Waals surface area contributed by atoms with Gasteiger partial charge in [-0.3, -0.25) is 0 Å². The third-order valence-corrected chi connectivity index (χ3v) is 3.24. The van der Waals surface area contributed by atoms with Crippen molar-refractivity contribution in [2.45, 2.75) is 18.3 Å². The first-order valence-electron chi connectivity index (χ1n) is 4.99. The first-order valence-corrected chi connectivity index (χ1v) is 4.99. The smallest absolute Gasteiger partial charge is 0.0699 e. The summed E-state index contributed by atoms with van der Waals surface area (Å²) in [7, 11) is 0. The van der Waals surface area contributed by atoms with Gasteiger partial charge in [0.15, 0.2) is 0 Å². The van der Waals surface area contributed by atoms with Crippen molar-refractivity contribution in [3.8, 4) is 0 Å². The standard InChI is InChI=1S/C11H13N3/c12-8-11(4-5-11)9-7-13-14-6-2-1-3-10(9)14/h1-3,6-7H,4-5,8,12H2. The van der Waals surface area contributed by atoms with Crippen LogP contribution in [0.4, 0.5) is 0 Å².